The molecule has 0 radical (unpaired) electrons. The van der Waals surface area contributed by atoms with Gasteiger partial charge < -0.3 is 24.3 Å². The maximum Gasteiger partial charge on any atom is 0.324 e. The van der Waals surface area contributed by atoms with E-state index in [4.69, 9.17) is 19.4 Å². The molecule has 7 heterocycles. The van der Waals surface area contributed by atoms with Crippen molar-refractivity contribution in [3.63, 3.8) is 0 Å². The molecule has 2 saturated carbocycles. The van der Waals surface area contributed by atoms with Gasteiger partial charge in [0.1, 0.15) is 17.1 Å². The van der Waals surface area contributed by atoms with Gasteiger partial charge in [-0.1, -0.05) is 33.8 Å². The molecule has 4 aliphatic heterocycles. The van der Waals surface area contributed by atoms with Gasteiger partial charge in [-0.05, 0) is 87.7 Å². The van der Waals surface area contributed by atoms with Crippen LogP contribution in [0, 0.1) is 23.2 Å². The van der Waals surface area contributed by atoms with Crippen LogP contribution in [0.4, 0.5) is 0 Å². The third-order valence-electron chi connectivity index (χ3n) is 15.3. The van der Waals surface area contributed by atoms with Gasteiger partial charge in [-0.3, -0.25) is 34.2 Å². The number of methoxy groups -OCH3 is 1. The van der Waals surface area contributed by atoms with E-state index in [2.05, 4.69) is 101 Å². The molecule has 1 aromatic carbocycles. The fourth-order valence-electron chi connectivity index (χ4n) is 10.8. The molecule has 7 atom stereocenters. The topological polar surface area (TPSA) is 137 Å². The number of fused-ring (bicyclic) bond motifs is 6. The molecule has 6 aliphatic rings. The van der Waals surface area contributed by atoms with E-state index < -0.39 is 23.5 Å². The average molecular weight is 892 g/mol. The van der Waals surface area contributed by atoms with E-state index in [-0.39, 0.29) is 54.3 Å². The molecular weight excluding hydrogens is 827 g/mol. The molecule has 10 rings (SSSR count). The number of pyridine rings is 1. The number of carbonyl (C=O) groups is 3. The van der Waals surface area contributed by atoms with Crippen LogP contribution in [-0.4, -0.2) is 137 Å². The highest BCUT2D eigenvalue weighted by Gasteiger charge is 2.51. The lowest BCUT2D eigenvalue weighted by atomic mass is 9.84. The van der Waals surface area contributed by atoms with Crippen molar-refractivity contribution in [3.05, 3.63) is 58.2 Å². The van der Waals surface area contributed by atoms with Crippen LogP contribution in [0.15, 0.2) is 41.9 Å². The Morgan fingerprint density at radius 1 is 1.02 bits per heavy atom. The zero-order valence-electron chi connectivity index (χ0n) is 38.5. The van der Waals surface area contributed by atoms with Gasteiger partial charge in [0.15, 0.2) is 0 Å². The van der Waals surface area contributed by atoms with Gasteiger partial charge in [0.05, 0.1) is 41.9 Å². The zero-order valence-corrected chi connectivity index (χ0v) is 39.3. The number of piperazine rings is 1. The highest BCUT2D eigenvalue weighted by atomic mass is 32.1. The summed E-state index contributed by atoms with van der Waals surface area (Å²) in [4.78, 5) is 60.9. The Morgan fingerprint density at radius 2 is 1.78 bits per heavy atom. The zero-order chi connectivity index (χ0) is 44.6. The molecule has 64 heavy (non-hydrogen) atoms. The normalized spacial score (nSPS) is 29.0. The van der Waals surface area contributed by atoms with Gasteiger partial charge in [0.2, 0.25) is 5.91 Å². The second-order valence-electron chi connectivity index (χ2n) is 20.4. The smallest absolute Gasteiger partial charge is 0.324 e. The second-order valence-corrected chi connectivity index (χ2v) is 21.3. The first-order valence-electron chi connectivity index (χ1n) is 23.6. The first-order valence-corrected chi connectivity index (χ1v) is 24.5. The van der Waals surface area contributed by atoms with E-state index in [1.165, 1.54) is 18.4 Å². The van der Waals surface area contributed by atoms with Crippen LogP contribution in [0.5, 0.6) is 0 Å². The predicted molar refractivity (Wildman–Crippen MR) is 247 cm³/mol. The highest BCUT2D eigenvalue weighted by Crippen LogP contribution is 2.48. The summed E-state index contributed by atoms with van der Waals surface area (Å²) in [5.74, 6) is -0.420. The number of amides is 2. The number of hydrogen-bond acceptors (Lipinski definition) is 12. The van der Waals surface area contributed by atoms with Gasteiger partial charge in [-0.2, -0.15) is 0 Å². The molecule has 14 nitrogen and oxygen atoms in total. The molecule has 2 N–H and O–H groups in total. The summed E-state index contributed by atoms with van der Waals surface area (Å²) >= 11 is 1.55. The lowest BCUT2D eigenvalue weighted by Gasteiger charge is -2.42. The molecule has 3 aromatic heterocycles. The number of cyclic esters (lactones) is 1. The molecule has 2 aliphatic carbocycles. The average Bonchev–Trinajstić information content (AvgIpc) is 4.13. The summed E-state index contributed by atoms with van der Waals surface area (Å²) < 4.78 is 14.8. The number of nitrogens with zero attached hydrogens (tertiary/aromatic N) is 7. The van der Waals surface area contributed by atoms with Crippen molar-refractivity contribution >= 4 is 40.0 Å². The minimum Gasteiger partial charge on any atom is -0.464 e. The number of likely N-dealkylation sites (tertiary alicyclic amines) is 1. The maximum atomic E-state index is 15.1. The Bertz CT molecular complexity index is 2410. The molecule has 1 unspecified atom stereocenters. The highest BCUT2D eigenvalue weighted by molar-refractivity contribution is 7.10. The van der Waals surface area contributed by atoms with Crippen LogP contribution >= 0.6 is 11.3 Å². The number of likely N-dealkylation sites (N-methyl/N-ethyl adjacent to an activating group) is 1. The summed E-state index contributed by atoms with van der Waals surface area (Å²) in [5, 5.41) is 8.90. The third-order valence-corrected chi connectivity index (χ3v) is 16.2. The van der Waals surface area contributed by atoms with Crippen molar-refractivity contribution < 1.29 is 23.9 Å². The van der Waals surface area contributed by atoms with E-state index in [9.17, 15) is 9.59 Å². The third kappa shape index (κ3) is 8.18. The first-order chi connectivity index (χ1) is 30.8. The van der Waals surface area contributed by atoms with E-state index in [0.717, 1.165) is 70.3 Å². The molecule has 3 saturated heterocycles. The Hall–Kier alpha value is -4.25. The second kappa shape index (κ2) is 17.2. The number of ether oxygens (including phenoxy) is 2. The van der Waals surface area contributed by atoms with Crippen LogP contribution in [0.3, 0.4) is 0 Å². The van der Waals surface area contributed by atoms with E-state index in [1.807, 2.05) is 12.3 Å². The predicted octanol–water partition coefficient (Wildman–Crippen LogP) is 5.85. The fraction of sp³-hybridized carbons (Fsp3) is 0.612. The van der Waals surface area contributed by atoms with Crippen molar-refractivity contribution in [2.75, 3.05) is 66.6 Å². The minimum absolute atomic E-state index is 0.103. The van der Waals surface area contributed by atoms with Crippen molar-refractivity contribution in [2.45, 2.75) is 103 Å². The van der Waals surface area contributed by atoms with Crippen molar-refractivity contribution in [3.8, 4) is 22.5 Å². The minimum atomic E-state index is -0.929. The standard InChI is InChI=1S/C49H65N9O5S/c1-28-29(2)40(28)45(59)52-42-44(55-20-18-54(6)19-21-55)46-51-38(26-64-46)31-12-15-39-35(22-31)36(23-49(4,5)27-63-48(61)37-11-9-17-57(53-37)47(42)60)43(34-10-8-16-50-41(34)30(3)62-7)58(39)33-24-56(25-33)32-13-14-32/h8,10,12,15-16,22,26,28-30,32-33,37,40,42,44,53H,9,11,13-14,17-21,23-25,27H2,1-7H3,(H,52,59)/t28-,29+,30-,37-,40?,42-,44-/m0/s1. The van der Waals surface area contributed by atoms with Gasteiger partial charge in [0, 0.05) is 104 Å². The Balaban J connectivity index is 1.14. The van der Waals surface area contributed by atoms with Crippen LogP contribution < -0.4 is 10.7 Å². The van der Waals surface area contributed by atoms with Crippen LogP contribution in [0.1, 0.15) is 94.8 Å². The van der Waals surface area contributed by atoms with Gasteiger partial charge in [0.25, 0.3) is 5.91 Å². The molecule has 0 spiro atoms. The first kappa shape index (κ1) is 43.6. The van der Waals surface area contributed by atoms with Crippen molar-refractivity contribution in [1.29, 1.82) is 0 Å². The monoisotopic (exact) mass is 891 g/mol. The van der Waals surface area contributed by atoms with Gasteiger partial charge in [-0.25, -0.2) is 10.4 Å². The van der Waals surface area contributed by atoms with Gasteiger partial charge in [-0.15, -0.1) is 11.3 Å². The lowest BCUT2D eigenvalue weighted by Crippen LogP contribution is -2.63. The number of nitrogens with one attached hydrogen (secondary N) is 2. The lowest BCUT2D eigenvalue weighted by molar-refractivity contribution is -0.156. The fourth-order valence-corrected chi connectivity index (χ4v) is 11.8. The molecule has 5 fully saturated rings. The maximum absolute atomic E-state index is 15.1. The van der Waals surface area contributed by atoms with Crippen molar-refractivity contribution in [1.82, 2.24) is 45.0 Å². The van der Waals surface area contributed by atoms with Gasteiger partial charge >= 0.3 is 5.97 Å². The summed E-state index contributed by atoms with van der Waals surface area (Å²) in [6.07, 6.45) is 5.95. The van der Waals surface area contributed by atoms with E-state index >= 15 is 4.79 Å². The number of carbonyl (C=O) groups excluding carboxylic acids is 3. The van der Waals surface area contributed by atoms with Crippen LogP contribution in [-0.2, 0) is 30.3 Å². The quantitative estimate of drug-likeness (QED) is 0.206. The molecule has 342 valence electrons. The Morgan fingerprint density at radius 3 is 2.50 bits per heavy atom. The summed E-state index contributed by atoms with van der Waals surface area (Å²) in [5.41, 5.74) is 10.1. The Kier molecular flexibility index (Phi) is 11.7. The Labute approximate surface area is 381 Å². The largest absolute Gasteiger partial charge is 0.464 e. The molecule has 15 heteroatoms. The summed E-state index contributed by atoms with van der Waals surface area (Å²) in [6.45, 7) is 16.2. The number of esters is 1. The number of thiazole rings is 1. The summed E-state index contributed by atoms with van der Waals surface area (Å²) in [6, 6.07) is 9.76. The number of hydrogen-bond donors (Lipinski definition) is 2. The molecule has 2 amide bonds. The van der Waals surface area contributed by atoms with E-state index in [1.54, 1.807) is 23.5 Å². The molecule has 4 aromatic rings. The molecular formula is C49H65N9O5S. The molecule has 6 bridgehead atoms. The number of benzene rings is 1. The van der Waals surface area contributed by atoms with Crippen LogP contribution in [0.25, 0.3) is 33.4 Å². The van der Waals surface area contributed by atoms with E-state index in [0.29, 0.717) is 44.9 Å². The van der Waals surface area contributed by atoms with Crippen LogP contribution in [0.2, 0.25) is 0 Å². The number of rotatable bonds is 8. The number of hydrazine groups is 1. The van der Waals surface area contributed by atoms with Crippen molar-refractivity contribution in [2.24, 2.45) is 23.2 Å². The number of aromatic nitrogens is 3. The SMILES string of the molecule is CO[C@@H](C)c1ncccc1-c1c2c3cc(ccc3n1C1CN(C3CC3)C1)-c1csc(n1)[C@@H](N1CCN(C)CC1)[C@H](NC(=O)C1[C@@H](C)[C@H]1C)C(=O)N1CCC[C@H](N1)C(=O)OCC(C)(C)C2. The summed E-state index contributed by atoms with van der Waals surface area (Å²) in [7, 11) is 3.85.